The van der Waals surface area contributed by atoms with Crippen LogP contribution in [0.3, 0.4) is 0 Å². The molecule has 0 aromatic carbocycles. The minimum atomic E-state index is 0.255. The zero-order valence-corrected chi connectivity index (χ0v) is 7.94. The fourth-order valence-corrected chi connectivity index (χ4v) is 1.51. The maximum atomic E-state index is 5.66. The van der Waals surface area contributed by atoms with E-state index in [1.807, 2.05) is 0 Å². The molecule has 3 N–H and O–H groups in total. The Labute approximate surface area is 82.7 Å². The van der Waals surface area contributed by atoms with Gasteiger partial charge in [-0.3, -0.25) is 0 Å². The van der Waals surface area contributed by atoms with Crippen LogP contribution in [0.25, 0.3) is 0 Å². The number of anilines is 1. The average Bonchev–Trinajstić information content (AvgIpc) is 2.19. The van der Waals surface area contributed by atoms with E-state index in [1.54, 1.807) is 12.3 Å². The Hall–Kier alpha value is -1.36. The van der Waals surface area contributed by atoms with Crippen LogP contribution >= 0.6 is 0 Å². The van der Waals surface area contributed by atoms with E-state index in [0.29, 0.717) is 5.88 Å². The monoisotopic (exact) mass is 194 g/mol. The van der Waals surface area contributed by atoms with Gasteiger partial charge in [-0.25, -0.2) is 4.98 Å². The van der Waals surface area contributed by atoms with Crippen molar-refractivity contribution in [3.05, 3.63) is 12.3 Å². The first kappa shape index (κ1) is 9.21. The Kier molecular flexibility index (Phi) is 2.78. The summed E-state index contributed by atoms with van der Waals surface area (Å²) in [4.78, 5) is 7.80. The quantitative estimate of drug-likeness (QED) is 0.703. The lowest BCUT2D eigenvalue weighted by Gasteiger charge is -2.23. The van der Waals surface area contributed by atoms with Gasteiger partial charge >= 0.3 is 0 Å². The number of nitrogens with zero attached hydrogens (tertiary/aromatic N) is 2. The van der Waals surface area contributed by atoms with Gasteiger partial charge in [-0.15, -0.1) is 0 Å². The van der Waals surface area contributed by atoms with Crippen LogP contribution in [-0.2, 0) is 0 Å². The summed E-state index contributed by atoms with van der Waals surface area (Å²) in [6.07, 6.45) is 3.90. The molecular formula is C9H14N4O. The second-order valence-corrected chi connectivity index (χ2v) is 3.32. The maximum absolute atomic E-state index is 5.66. The Balaban J connectivity index is 1.95. The molecule has 0 aliphatic carbocycles. The zero-order valence-electron chi connectivity index (χ0n) is 7.94. The van der Waals surface area contributed by atoms with E-state index >= 15 is 0 Å². The molecule has 1 aliphatic heterocycles. The molecule has 1 aromatic heterocycles. The van der Waals surface area contributed by atoms with E-state index in [1.165, 1.54) is 0 Å². The number of hydrogen-bond donors (Lipinski definition) is 2. The number of nitrogens with one attached hydrogen (secondary N) is 1. The fraction of sp³-hybridized carbons (Fsp3) is 0.556. The van der Waals surface area contributed by atoms with Crippen LogP contribution in [0.2, 0.25) is 0 Å². The third kappa shape index (κ3) is 2.32. The Morgan fingerprint density at radius 3 is 2.93 bits per heavy atom. The van der Waals surface area contributed by atoms with Gasteiger partial charge < -0.3 is 15.8 Å². The molecular weight excluding hydrogens is 180 g/mol. The summed E-state index contributed by atoms with van der Waals surface area (Å²) in [5, 5.41) is 3.27. The van der Waals surface area contributed by atoms with Gasteiger partial charge in [-0.05, 0) is 25.9 Å². The molecule has 0 spiro atoms. The lowest BCUT2D eigenvalue weighted by Crippen LogP contribution is -2.34. The van der Waals surface area contributed by atoms with Gasteiger partial charge in [-0.2, -0.15) is 4.98 Å². The minimum absolute atomic E-state index is 0.255. The molecule has 1 aromatic rings. The normalized spacial score (nSPS) is 18.0. The van der Waals surface area contributed by atoms with Crippen LogP contribution in [0.1, 0.15) is 12.8 Å². The van der Waals surface area contributed by atoms with Gasteiger partial charge in [0.2, 0.25) is 11.8 Å². The Morgan fingerprint density at radius 1 is 1.43 bits per heavy atom. The number of nitrogen functional groups attached to an aromatic ring is 1. The summed E-state index contributed by atoms with van der Waals surface area (Å²) in [6.45, 7) is 2.01. The molecule has 14 heavy (non-hydrogen) atoms. The van der Waals surface area contributed by atoms with Crippen LogP contribution in [0.15, 0.2) is 12.3 Å². The van der Waals surface area contributed by atoms with Crippen molar-refractivity contribution in [3.8, 4) is 5.88 Å². The standard InChI is InChI=1S/C9H14N4O/c10-9-12-6-3-8(13-9)14-7-1-4-11-5-2-7/h3,6-7,11H,1-2,4-5H2,(H2,10,12,13). The first-order chi connectivity index (χ1) is 6.84. The van der Waals surface area contributed by atoms with Gasteiger partial charge in [0.25, 0.3) is 0 Å². The van der Waals surface area contributed by atoms with Crippen LogP contribution in [0.4, 0.5) is 5.95 Å². The second-order valence-electron chi connectivity index (χ2n) is 3.32. The number of rotatable bonds is 2. The van der Waals surface area contributed by atoms with E-state index in [0.717, 1.165) is 25.9 Å². The Morgan fingerprint density at radius 2 is 2.21 bits per heavy atom. The number of hydrogen-bond acceptors (Lipinski definition) is 5. The highest BCUT2D eigenvalue weighted by atomic mass is 16.5. The highest BCUT2D eigenvalue weighted by Gasteiger charge is 2.14. The van der Waals surface area contributed by atoms with Crippen molar-refractivity contribution < 1.29 is 4.74 Å². The summed E-state index contributed by atoms with van der Waals surface area (Å²) < 4.78 is 5.66. The predicted octanol–water partition coefficient (Wildman–Crippen LogP) is 0.190. The SMILES string of the molecule is Nc1nccc(OC2CCNCC2)n1. The summed E-state index contributed by atoms with van der Waals surface area (Å²) >= 11 is 0. The summed E-state index contributed by atoms with van der Waals surface area (Å²) in [7, 11) is 0. The molecule has 0 atom stereocenters. The number of nitrogens with two attached hydrogens (primary N) is 1. The molecule has 1 saturated heterocycles. The Bertz CT molecular complexity index is 299. The van der Waals surface area contributed by atoms with Crippen molar-refractivity contribution >= 4 is 5.95 Å². The van der Waals surface area contributed by atoms with Gasteiger partial charge in [0.05, 0.1) is 0 Å². The molecule has 1 aliphatic rings. The molecule has 1 fully saturated rings. The first-order valence-corrected chi connectivity index (χ1v) is 4.80. The van der Waals surface area contributed by atoms with E-state index in [2.05, 4.69) is 15.3 Å². The van der Waals surface area contributed by atoms with Gasteiger partial charge in [0.15, 0.2) is 0 Å². The van der Waals surface area contributed by atoms with Crippen molar-refractivity contribution in [2.24, 2.45) is 0 Å². The predicted molar refractivity (Wildman–Crippen MR) is 53.0 cm³/mol. The molecule has 5 nitrogen and oxygen atoms in total. The smallest absolute Gasteiger partial charge is 0.223 e. The van der Waals surface area contributed by atoms with Crippen molar-refractivity contribution in [2.75, 3.05) is 18.8 Å². The maximum Gasteiger partial charge on any atom is 0.223 e. The minimum Gasteiger partial charge on any atom is -0.474 e. The largest absolute Gasteiger partial charge is 0.474 e. The molecule has 5 heteroatoms. The van der Waals surface area contributed by atoms with Crippen LogP contribution < -0.4 is 15.8 Å². The molecule has 2 rings (SSSR count). The summed E-state index contributed by atoms with van der Waals surface area (Å²) in [5.41, 5.74) is 5.45. The lowest BCUT2D eigenvalue weighted by molar-refractivity contribution is 0.156. The summed E-state index contributed by atoms with van der Waals surface area (Å²) in [6, 6.07) is 1.73. The van der Waals surface area contributed by atoms with Gasteiger partial charge in [-0.1, -0.05) is 0 Å². The molecule has 76 valence electrons. The zero-order chi connectivity index (χ0) is 9.80. The van der Waals surface area contributed by atoms with Crippen LogP contribution in [0.5, 0.6) is 5.88 Å². The lowest BCUT2D eigenvalue weighted by atomic mass is 10.1. The van der Waals surface area contributed by atoms with E-state index in [-0.39, 0.29) is 12.1 Å². The fourth-order valence-electron chi connectivity index (χ4n) is 1.51. The number of piperidine rings is 1. The second kappa shape index (κ2) is 4.23. The molecule has 0 saturated carbocycles. The molecule has 0 unspecified atom stereocenters. The third-order valence-electron chi connectivity index (χ3n) is 2.22. The third-order valence-corrected chi connectivity index (χ3v) is 2.22. The first-order valence-electron chi connectivity index (χ1n) is 4.80. The van der Waals surface area contributed by atoms with E-state index in [9.17, 15) is 0 Å². The number of ether oxygens (including phenoxy) is 1. The molecule has 0 amide bonds. The van der Waals surface area contributed by atoms with Gasteiger partial charge in [0, 0.05) is 12.3 Å². The van der Waals surface area contributed by atoms with E-state index < -0.39 is 0 Å². The topological polar surface area (TPSA) is 73.1 Å². The van der Waals surface area contributed by atoms with Crippen molar-refractivity contribution in [1.29, 1.82) is 0 Å². The van der Waals surface area contributed by atoms with Crippen molar-refractivity contribution in [1.82, 2.24) is 15.3 Å². The van der Waals surface area contributed by atoms with Crippen molar-refractivity contribution in [2.45, 2.75) is 18.9 Å². The van der Waals surface area contributed by atoms with Crippen LogP contribution in [-0.4, -0.2) is 29.2 Å². The molecule has 0 bridgehead atoms. The molecule has 0 radical (unpaired) electrons. The van der Waals surface area contributed by atoms with E-state index in [4.69, 9.17) is 10.5 Å². The molecule has 2 heterocycles. The van der Waals surface area contributed by atoms with Crippen molar-refractivity contribution in [3.63, 3.8) is 0 Å². The number of aromatic nitrogens is 2. The highest BCUT2D eigenvalue weighted by Crippen LogP contribution is 2.13. The highest BCUT2D eigenvalue weighted by molar-refractivity contribution is 5.20. The average molecular weight is 194 g/mol. The van der Waals surface area contributed by atoms with Crippen LogP contribution in [0, 0.1) is 0 Å². The summed E-state index contributed by atoms with van der Waals surface area (Å²) in [5.74, 6) is 0.834. The van der Waals surface area contributed by atoms with Gasteiger partial charge in [0.1, 0.15) is 6.10 Å².